The normalized spacial score (nSPS) is 10.1. The van der Waals surface area contributed by atoms with Crippen LogP contribution in [0.4, 0.5) is 0 Å². The first kappa shape index (κ1) is 11.7. The van der Waals surface area contributed by atoms with Gasteiger partial charge in [-0.2, -0.15) is 0 Å². The van der Waals surface area contributed by atoms with Gasteiger partial charge in [-0.3, -0.25) is 0 Å². The minimum atomic E-state index is 1.07. The number of unbranched alkanes of at least 4 members (excludes halogenated alkanes) is 2. The van der Waals surface area contributed by atoms with E-state index in [2.05, 4.69) is 31.2 Å². The van der Waals surface area contributed by atoms with Gasteiger partial charge in [-0.05, 0) is 25.0 Å². The molecule has 0 spiro atoms. The van der Waals surface area contributed by atoms with E-state index in [1.54, 1.807) is 11.8 Å². The Morgan fingerprint density at radius 3 is 2.57 bits per heavy atom. The van der Waals surface area contributed by atoms with E-state index in [1.807, 2.05) is 6.07 Å². The Balaban J connectivity index is 2.27. The van der Waals surface area contributed by atoms with Gasteiger partial charge in [-0.25, -0.2) is 0 Å². The number of benzene rings is 1. The van der Waals surface area contributed by atoms with Gasteiger partial charge in [0, 0.05) is 4.90 Å². The monoisotopic (exact) mass is 224 g/mol. The summed E-state index contributed by atoms with van der Waals surface area (Å²) in [6.07, 6.45) is 4.85. The summed E-state index contributed by atoms with van der Waals surface area (Å²) >= 11 is 7.04. The molecule has 14 heavy (non-hydrogen) atoms. The number of hydrogen-bond donors (Lipinski definition) is 0. The minimum Gasteiger partial charge on any atom is -0.0828 e. The second kappa shape index (κ2) is 7.02. The smallest absolute Gasteiger partial charge is 0.0527 e. The van der Waals surface area contributed by atoms with Crippen LogP contribution in [0.1, 0.15) is 32.6 Å². The van der Waals surface area contributed by atoms with Crippen LogP contribution >= 0.6 is 24.0 Å². The zero-order chi connectivity index (χ0) is 10.2. The lowest BCUT2D eigenvalue weighted by Gasteiger charge is -2.02. The van der Waals surface area contributed by atoms with E-state index < -0.39 is 0 Å². The molecule has 1 rings (SSSR count). The Kier molecular flexibility index (Phi) is 5.88. The van der Waals surface area contributed by atoms with Gasteiger partial charge in [0.25, 0.3) is 0 Å². The lowest BCUT2D eigenvalue weighted by Crippen LogP contribution is -1.87. The van der Waals surface area contributed by atoms with Gasteiger partial charge in [0.15, 0.2) is 0 Å². The third-order valence-electron chi connectivity index (χ3n) is 1.96. The first-order valence-corrected chi connectivity index (χ1v) is 6.31. The predicted octanol–water partition coefficient (Wildman–Crippen LogP) is 4.69. The van der Waals surface area contributed by atoms with E-state index in [-0.39, 0.29) is 0 Å². The summed E-state index contributed by atoms with van der Waals surface area (Å²) in [5.74, 6) is 0. The number of thiocarbonyl (C=S) groups is 1. The van der Waals surface area contributed by atoms with Crippen LogP contribution in [0, 0.1) is 0 Å². The van der Waals surface area contributed by atoms with Gasteiger partial charge in [0.1, 0.15) is 0 Å². The Morgan fingerprint density at radius 1 is 1.21 bits per heavy atom. The predicted molar refractivity (Wildman–Crippen MR) is 69.0 cm³/mol. The molecule has 0 amide bonds. The molecule has 0 aliphatic rings. The van der Waals surface area contributed by atoms with Gasteiger partial charge in [0.05, 0.1) is 4.20 Å². The van der Waals surface area contributed by atoms with Gasteiger partial charge in [-0.1, -0.05) is 61.9 Å². The van der Waals surface area contributed by atoms with Crippen molar-refractivity contribution >= 4 is 28.2 Å². The summed E-state index contributed by atoms with van der Waals surface area (Å²) < 4.78 is 1.12. The molecule has 2 heteroatoms. The van der Waals surface area contributed by atoms with Crippen LogP contribution in [-0.4, -0.2) is 4.20 Å². The molecule has 0 saturated heterocycles. The molecular formula is C12H16S2. The van der Waals surface area contributed by atoms with Crippen LogP contribution in [0.2, 0.25) is 0 Å². The molecule has 0 unspecified atom stereocenters. The molecule has 0 bridgehead atoms. The van der Waals surface area contributed by atoms with Crippen molar-refractivity contribution in [3.8, 4) is 0 Å². The van der Waals surface area contributed by atoms with Crippen LogP contribution in [0.3, 0.4) is 0 Å². The summed E-state index contributed by atoms with van der Waals surface area (Å²) in [6.45, 7) is 2.22. The SMILES string of the molecule is CCCCCC(=S)Sc1ccccc1. The number of hydrogen-bond acceptors (Lipinski definition) is 2. The highest BCUT2D eigenvalue weighted by atomic mass is 32.2. The molecule has 0 fully saturated rings. The molecule has 0 aliphatic carbocycles. The fourth-order valence-electron chi connectivity index (χ4n) is 1.19. The molecule has 0 saturated carbocycles. The summed E-state index contributed by atoms with van der Waals surface area (Å²) in [7, 11) is 0. The number of rotatable bonds is 5. The van der Waals surface area contributed by atoms with E-state index >= 15 is 0 Å². The fraction of sp³-hybridized carbons (Fsp3) is 0.417. The van der Waals surface area contributed by atoms with Gasteiger partial charge >= 0.3 is 0 Å². The molecular weight excluding hydrogens is 208 g/mol. The zero-order valence-electron chi connectivity index (χ0n) is 8.53. The van der Waals surface area contributed by atoms with Crippen molar-refractivity contribution in [2.75, 3.05) is 0 Å². The maximum atomic E-state index is 5.31. The number of thioether (sulfide) groups is 1. The second-order valence-corrected chi connectivity index (χ2v) is 5.16. The quantitative estimate of drug-likeness (QED) is 0.404. The highest BCUT2D eigenvalue weighted by molar-refractivity contribution is 8.23. The molecule has 0 aliphatic heterocycles. The van der Waals surface area contributed by atoms with Crippen LogP contribution in [0.15, 0.2) is 35.2 Å². The maximum Gasteiger partial charge on any atom is 0.0527 e. The van der Waals surface area contributed by atoms with Gasteiger partial charge in [-0.15, -0.1) is 0 Å². The average molecular weight is 224 g/mol. The molecule has 0 radical (unpaired) electrons. The third kappa shape index (κ3) is 4.77. The third-order valence-corrected chi connectivity index (χ3v) is 3.35. The Bertz CT molecular complexity index is 267. The van der Waals surface area contributed by atoms with Gasteiger partial charge in [0.2, 0.25) is 0 Å². The molecule has 1 aromatic rings. The molecule has 0 nitrogen and oxygen atoms in total. The Hall–Kier alpha value is -0.340. The van der Waals surface area contributed by atoms with Gasteiger partial charge < -0.3 is 0 Å². The van der Waals surface area contributed by atoms with Crippen LogP contribution < -0.4 is 0 Å². The van der Waals surface area contributed by atoms with Crippen molar-refractivity contribution in [2.24, 2.45) is 0 Å². The van der Waals surface area contributed by atoms with Crippen molar-refractivity contribution < 1.29 is 0 Å². The van der Waals surface area contributed by atoms with Crippen LogP contribution in [0.25, 0.3) is 0 Å². The van der Waals surface area contributed by atoms with E-state index in [0.29, 0.717) is 0 Å². The molecule has 0 aromatic heterocycles. The van der Waals surface area contributed by atoms with Crippen molar-refractivity contribution in [1.82, 2.24) is 0 Å². The molecule has 76 valence electrons. The maximum absolute atomic E-state index is 5.31. The minimum absolute atomic E-state index is 1.07. The lowest BCUT2D eigenvalue weighted by atomic mass is 10.2. The van der Waals surface area contributed by atoms with Crippen molar-refractivity contribution in [3.05, 3.63) is 30.3 Å². The van der Waals surface area contributed by atoms with Crippen molar-refractivity contribution in [3.63, 3.8) is 0 Å². The molecule has 0 N–H and O–H groups in total. The fourth-order valence-corrected chi connectivity index (χ4v) is 2.43. The molecule has 0 atom stereocenters. The topological polar surface area (TPSA) is 0 Å². The van der Waals surface area contributed by atoms with Crippen molar-refractivity contribution in [1.29, 1.82) is 0 Å². The average Bonchev–Trinajstić information content (AvgIpc) is 2.20. The summed E-state index contributed by atoms with van der Waals surface area (Å²) in [4.78, 5) is 1.26. The summed E-state index contributed by atoms with van der Waals surface area (Å²) in [5, 5.41) is 0. The van der Waals surface area contributed by atoms with Crippen LogP contribution in [-0.2, 0) is 0 Å². The summed E-state index contributed by atoms with van der Waals surface area (Å²) in [5.41, 5.74) is 0. The molecule has 0 heterocycles. The Labute approximate surface area is 96.1 Å². The summed E-state index contributed by atoms with van der Waals surface area (Å²) in [6, 6.07) is 10.4. The van der Waals surface area contributed by atoms with Crippen LogP contribution in [0.5, 0.6) is 0 Å². The Morgan fingerprint density at radius 2 is 1.93 bits per heavy atom. The molecule has 1 aromatic carbocycles. The lowest BCUT2D eigenvalue weighted by molar-refractivity contribution is 0.747. The van der Waals surface area contributed by atoms with E-state index in [4.69, 9.17) is 12.2 Å². The zero-order valence-corrected chi connectivity index (χ0v) is 10.2. The van der Waals surface area contributed by atoms with E-state index in [9.17, 15) is 0 Å². The van der Waals surface area contributed by atoms with Crippen molar-refractivity contribution in [2.45, 2.75) is 37.5 Å². The first-order valence-electron chi connectivity index (χ1n) is 5.08. The largest absolute Gasteiger partial charge is 0.0828 e. The highest BCUT2D eigenvalue weighted by Gasteiger charge is 1.99. The van der Waals surface area contributed by atoms with E-state index in [0.717, 1.165) is 10.6 Å². The highest BCUT2D eigenvalue weighted by Crippen LogP contribution is 2.22. The van der Waals surface area contributed by atoms with E-state index in [1.165, 1.54) is 24.2 Å². The first-order chi connectivity index (χ1) is 6.83. The standard InChI is InChI=1S/C12H16S2/c1-2-3-5-10-12(13)14-11-8-6-4-7-9-11/h4,6-9H,2-3,5,10H2,1H3. The second-order valence-electron chi connectivity index (χ2n) is 3.24.